The van der Waals surface area contributed by atoms with Crippen LogP contribution in [0.5, 0.6) is 0 Å². The molecule has 2 rings (SSSR count). The van der Waals surface area contributed by atoms with Crippen LogP contribution in [0.2, 0.25) is 0 Å². The average Bonchev–Trinajstić information content (AvgIpc) is 3.19. The van der Waals surface area contributed by atoms with Crippen LogP contribution >= 0.6 is 0 Å². The van der Waals surface area contributed by atoms with Crippen LogP contribution in [0.1, 0.15) is 65.2 Å². The minimum absolute atomic E-state index is 0. The maximum absolute atomic E-state index is 3.30. The predicted octanol–water partition coefficient (Wildman–Crippen LogP) is 0.540. The molecule has 0 aliphatic heterocycles. The predicted molar refractivity (Wildman–Crippen MR) is 91.3 cm³/mol. The molecule has 0 N–H and O–H groups in total. The summed E-state index contributed by atoms with van der Waals surface area (Å²) in [5, 5.41) is 0. The summed E-state index contributed by atoms with van der Waals surface area (Å²) in [6.45, 7) is 10.4. The van der Waals surface area contributed by atoms with Crippen molar-refractivity contribution in [3.05, 3.63) is 60.8 Å². The van der Waals surface area contributed by atoms with E-state index in [2.05, 4.69) is 63.5 Å². The van der Waals surface area contributed by atoms with Crippen LogP contribution in [0, 0.1) is 12.2 Å². The molecular formula is C20H30Cl2Zr. The molecule has 0 heterocycles. The van der Waals surface area contributed by atoms with Crippen molar-refractivity contribution in [1.82, 2.24) is 0 Å². The molecule has 128 valence electrons. The smallest absolute Gasteiger partial charge is 1.00 e. The van der Waals surface area contributed by atoms with E-state index in [1.807, 2.05) is 0 Å². The maximum Gasteiger partial charge on any atom is 4.00 e. The summed E-state index contributed by atoms with van der Waals surface area (Å²) < 4.78 is 0. The first-order valence-corrected chi connectivity index (χ1v) is 7.89. The SMILES string of the molecule is C=C.CCCCC1=[C-]CC=C1.CCCCC1=[C-]CC=C1.[Cl-].[Cl-].[Zr+4]. The summed E-state index contributed by atoms with van der Waals surface area (Å²) in [7, 11) is 0. The van der Waals surface area contributed by atoms with Gasteiger partial charge in [-0.15, -0.1) is 26.0 Å². The Kier molecular flexibility index (Phi) is 32.9. The van der Waals surface area contributed by atoms with Crippen molar-refractivity contribution in [3.63, 3.8) is 0 Å². The van der Waals surface area contributed by atoms with Crippen LogP contribution in [-0.4, -0.2) is 0 Å². The number of allylic oxidation sites excluding steroid dienone is 8. The molecule has 0 saturated carbocycles. The van der Waals surface area contributed by atoms with E-state index in [-0.39, 0.29) is 51.0 Å². The van der Waals surface area contributed by atoms with E-state index in [1.165, 1.54) is 49.7 Å². The Bertz CT molecular complexity index is 321. The zero-order valence-electron chi connectivity index (χ0n) is 14.6. The molecule has 0 unspecified atom stereocenters. The van der Waals surface area contributed by atoms with Crippen molar-refractivity contribution >= 4 is 0 Å². The van der Waals surface area contributed by atoms with E-state index in [0.717, 1.165) is 12.8 Å². The van der Waals surface area contributed by atoms with Crippen molar-refractivity contribution in [2.45, 2.75) is 65.2 Å². The Morgan fingerprint density at radius 2 is 1.17 bits per heavy atom. The Morgan fingerprint density at radius 3 is 1.39 bits per heavy atom. The van der Waals surface area contributed by atoms with Gasteiger partial charge in [0.2, 0.25) is 0 Å². The van der Waals surface area contributed by atoms with Crippen LogP contribution in [0.4, 0.5) is 0 Å². The molecule has 2 aliphatic carbocycles. The third-order valence-corrected chi connectivity index (χ3v) is 3.13. The number of rotatable bonds is 6. The second-order valence-electron chi connectivity index (χ2n) is 4.82. The van der Waals surface area contributed by atoms with Crippen molar-refractivity contribution in [3.8, 4) is 0 Å². The zero-order chi connectivity index (χ0) is 15.1. The zero-order valence-corrected chi connectivity index (χ0v) is 18.6. The van der Waals surface area contributed by atoms with Crippen LogP contribution < -0.4 is 24.8 Å². The molecule has 0 aromatic rings. The Morgan fingerprint density at radius 1 is 0.826 bits per heavy atom. The van der Waals surface area contributed by atoms with Crippen molar-refractivity contribution in [2.75, 3.05) is 0 Å². The van der Waals surface area contributed by atoms with E-state index in [4.69, 9.17) is 0 Å². The van der Waals surface area contributed by atoms with E-state index >= 15 is 0 Å². The molecule has 0 saturated heterocycles. The molecule has 0 amide bonds. The van der Waals surface area contributed by atoms with Gasteiger partial charge in [0.15, 0.2) is 0 Å². The minimum atomic E-state index is 0. The van der Waals surface area contributed by atoms with Gasteiger partial charge in [-0.05, 0) is 0 Å². The summed E-state index contributed by atoms with van der Waals surface area (Å²) in [5.74, 6) is 0. The molecule has 0 spiro atoms. The number of unbranched alkanes of at least 4 members (excludes halogenated alkanes) is 2. The van der Waals surface area contributed by atoms with Gasteiger partial charge in [0.05, 0.1) is 0 Å². The fourth-order valence-corrected chi connectivity index (χ4v) is 1.98. The maximum atomic E-state index is 3.30. The van der Waals surface area contributed by atoms with Crippen LogP contribution in [-0.2, 0) is 26.2 Å². The van der Waals surface area contributed by atoms with Gasteiger partial charge in [-0.3, -0.25) is 12.2 Å². The number of hydrogen-bond donors (Lipinski definition) is 0. The second kappa shape index (κ2) is 24.4. The van der Waals surface area contributed by atoms with E-state index < -0.39 is 0 Å². The van der Waals surface area contributed by atoms with Crippen LogP contribution in [0.3, 0.4) is 0 Å². The Labute approximate surface area is 176 Å². The molecular weight excluding hydrogens is 402 g/mol. The molecule has 3 heteroatoms. The van der Waals surface area contributed by atoms with E-state index in [9.17, 15) is 0 Å². The molecule has 0 atom stereocenters. The van der Waals surface area contributed by atoms with E-state index in [1.54, 1.807) is 0 Å². The third kappa shape index (κ3) is 18.3. The first kappa shape index (κ1) is 31.0. The third-order valence-electron chi connectivity index (χ3n) is 3.13. The van der Waals surface area contributed by atoms with Gasteiger partial charge in [0, 0.05) is 0 Å². The summed E-state index contributed by atoms with van der Waals surface area (Å²) >= 11 is 0. The monoisotopic (exact) mass is 430 g/mol. The van der Waals surface area contributed by atoms with Crippen molar-refractivity contribution in [1.29, 1.82) is 0 Å². The molecule has 0 aromatic heterocycles. The van der Waals surface area contributed by atoms with Gasteiger partial charge in [0.1, 0.15) is 0 Å². The van der Waals surface area contributed by atoms with Crippen molar-refractivity contribution < 1.29 is 51.0 Å². The van der Waals surface area contributed by atoms with Crippen LogP contribution in [0.15, 0.2) is 48.6 Å². The van der Waals surface area contributed by atoms with Gasteiger partial charge in [0.25, 0.3) is 0 Å². The summed E-state index contributed by atoms with van der Waals surface area (Å²) in [6, 6.07) is 0. The second-order valence-corrected chi connectivity index (χ2v) is 4.82. The summed E-state index contributed by atoms with van der Waals surface area (Å²) in [6.07, 6.45) is 25.1. The standard InChI is InChI=1S/2C9H13.C2H4.2ClH.Zr/c2*1-2-3-6-9-7-4-5-8-9;1-2;;;/h2*4,7H,2-3,5-6H2,1H3;1-2H2;2*1H;/q2*-1;;;;+4/p-2. The molecule has 0 radical (unpaired) electrons. The molecule has 0 bridgehead atoms. The molecule has 0 fully saturated rings. The van der Waals surface area contributed by atoms with Gasteiger partial charge in [-0.1, -0.05) is 52.4 Å². The Hall–Kier alpha value is 0.163. The van der Waals surface area contributed by atoms with Crippen molar-refractivity contribution in [2.24, 2.45) is 0 Å². The van der Waals surface area contributed by atoms with Gasteiger partial charge >= 0.3 is 26.2 Å². The first-order chi connectivity index (χ1) is 9.86. The fraction of sp³-hybridized carbons (Fsp3) is 0.500. The number of hydrogen-bond acceptors (Lipinski definition) is 0. The molecule has 2 aliphatic rings. The summed E-state index contributed by atoms with van der Waals surface area (Å²) in [5.41, 5.74) is 2.83. The quantitative estimate of drug-likeness (QED) is 0.425. The topological polar surface area (TPSA) is 0 Å². The number of halogens is 2. The van der Waals surface area contributed by atoms with Crippen LogP contribution in [0.25, 0.3) is 0 Å². The Balaban J connectivity index is -0.000000127. The first-order valence-electron chi connectivity index (χ1n) is 7.89. The van der Waals surface area contributed by atoms with Gasteiger partial charge in [-0.2, -0.15) is 12.2 Å². The fourth-order valence-electron chi connectivity index (χ4n) is 1.98. The summed E-state index contributed by atoms with van der Waals surface area (Å²) in [4.78, 5) is 0. The largest absolute Gasteiger partial charge is 4.00 e. The van der Waals surface area contributed by atoms with E-state index in [0.29, 0.717) is 0 Å². The average molecular weight is 433 g/mol. The molecule has 23 heavy (non-hydrogen) atoms. The molecule has 0 nitrogen and oxygen atoms in total. The molecule has 0 aromatic carbocycles. The van der Waals surface area contributed by atoms with Gasteiger partial charge in [-0.25, -0.2) is 23.3 Å². The normalized spacial score (nSPS) is 13.0. The van der Waals surface area contributed by atoms with Gasteiger partial charge < -0.3 is 24.8 Å². The minimum Gasteiger partial charge on any atom is -1.00 e.